The molecule has 0 bridgehead atoms. The van der Waals surface area contributed by atoms with Crippen LogP contribution in [-0.4, -0.2) is 63.6 Å². The third kappa shape index (κ3) is 10.5. The molecule has 1 aromatic heterocycles. The molecule has 1 saturated heterocycles. The third-order valence-electron chi connectivity index (χ3n) is 4.62. The van der Waals surface area contributed by atoms with Crippen LogP contribution >= 0.6 is 0 Å². The van der Waals surface area contributed by atoms with Gasteiger partial charge in [-0.15, -0.1) is 0 Å². The van der Waals surface area contributed by atoms with Gasteiger partial charge in [-0.3, -0.25) is 4.99 Å². The lowest BCUT2D eigenvalue weighted by Gasteiger charge is -2.21. The van der Waals surface area contributed by atoms with E-state index in [1.54, 1.807) is 6.20 Å². The number of aromatic nitrogens is 1. The zero-order valence-corrected chi connectivity index (χ0v) is 17.3. The van der Waals surface area contributed by atoms with E-state index in [1.807, 2.05) is 18.2 Å². The van der Waals surface area contributed by atoms with Crippen LogP contribution in [0.3, 0.4) is 0 Å². The maximum atomic E-state index is 5.80. The first-order valence-electron chi connectivity index (χ1n) is 10.7. The minimum absolute atomic E-state index is 0.670. The highest BCUT2D eigenvalue weighted by Gasteiger charge is 2.13. The van der Waals surface area contributed by atoms with Crippen LogP contribution in [0.1, 0.15) is 39.0 Å². The van der Waals surface area contributed by atoms with Crippen LogP contribution in [0.25, 0.3) is 0 Å². The third-order valence-corrected chi connectivity index (χ3v) is 4.62. The molecule has 158 valence electrons. The fourth-order valence-corrected chi connectivity index (χ4v) is 3.00. The Labute approximate surface area is 169 Å². The lowest BCUT2D eigenvalue weighted by molar-refractivity contribution is 0.0205. The number of nitrogens with zero attached hydrogens (tertiary/aromatic N) is 2. The summed E-state index contributed by atoms with van der Waals surface area (Å²) in [4.78, 5) is 8.89. The van der Waals surface area contributed by atoms with E-state index < -0.39 is 0 Å². The van der Waals surface area contributed by atoms with E-state index >= 15 is 0 Å². The summed E-state index contributed by atoms with van der Waals surface area (Å²) in [6.07, 6.45) is 7.18. The average Bonchev–Trinajstić information content (AvgIpc) is 2.74. The summed E-state index contributed by atoms with van der Waals surface area (Å²) >= 11 is 0. The highest BCUT2D eigenvalue weighted by Crippen LogP contribution is 2.14. The van der Waals surface area contributed by atoms with Crippen molar-refractivity contribution in [2.75, 3.05) is 57.9 Å². The lowest BCUT2D eigenvalue weighted by atomic mass is 10.0. The molecular weight excluding hydrogens is 354 g/mol. The number of hydrogen-bond donors (Lipinski definition) is 3. The van der Waals surface area contributed by atoms with Gasteiger partial charge in [0.05, 0.1) is 0 Å². The minimum Gasteiger partial charge on any atom is -0.381 e. The standard InChI is InChI=1S/C21H37N5O2/c1-2-22-21(25-13-6-5-12-24-20-8-3-4-11-23-20)26-14-7-15-28-18-19-9-16-27-17-10-19/h3-4,8,11,19H,2,5-7,9-10,12-18H2,1H3,(H,23,24)(H2,22,25,26). The zero-order valence-electron chi connectivity index (χ0n) is 17.3. The summed E-state index contributed by atoms with van der Waals surface area (Å²) in [7, 11) is 0. The van der Waals surface area contributed by atoms with Crippen molar-refractivity contribution in [2.45, 2.75) is 39.0 Å². The second kappa shape index (κ2) is 15.1. The van der Waals surface area contributed by atoms with Gasteiger partial charge < -0.3 is 25.4 Å². The number of rotatable bonds is 13. The monoisotopic (exact) mass is 391 g/mol. The Morgan fingerprint density at radius 3 is 2.82 bits per heavy atom. The van der Waals surface area contributed by atoms with E-state index in [0.29, 0.717) is 5.92 Å². The molecule has 28 heavy (non-hydrogen) atoms. The molecule has 0 aliphatic carbocycles. The Kier molecular flexibility index (Phi) is 12.1. The summed E-state index contributed by atoms with van der Waals surface area (Å²) in [5, 5.41) is 10.0. The van der Waals surface area contributed by atoms with E-state index in [0.717, 1.165) is 96.5 Å². The summed E-state index contributed by atoms with van der Waals surface area (Å²) in [6, 6.07) is 5.91. The molecule has 7 heteroatoms. The van der Waals surface area contributed by atoms with Gasteiger partial charge in [-0.2, -0.15) is 0 Å². The Hall–Kier alpha value is -1.86. The van der Waals surface area contributed by atoms with E-state index in [9.17, 15) is 0 Å². The van der Waals surface area contributed by atoms with Gasteiger partial charge in [0, 0.05) is 58.8 Å². The summed E-state index contributed by atoms with van der Waals surface area (Å²) in [5.41, 5.74) is 0. The van der Waals surface area contributed by atoms with E-state index in [1.165, 1.54) is 0 Å². The molecule has 0 saturated carbocycles. The van der Waals surface area contributed by atoms with Crippen LogP contribution in [-0.2, 0) is 9.47 Å². The molecule has 0 radical (unpaired) electrons. The van der Waals surface area contributed by atoms with Crippen molar-refractivity contribution < 1.29 is 9.47 Å². The first-order valence-corrected chi connectivity index (χ1v) is 10.7. The molecule has 1 aromatic rings. The molecule has 3 N–H and O–H groups in total. The quantitative estimate of drug-likeness (QED) is 0.273. The molecule has 0 amide bonds. The highest BCUT2D eigenvalue weighted by atomic mass is 16.5. The van der Waals surface area contributed by atoms with Gasteiger partial charge >= 0.3 is 0 Å². The first kappa shape index (κ1) is 22.4. The number of nitrogens with one attached hydrogen (secondary N) is 3. The predicted molar refractivity (Wildman–Crippen MR) is 115 cm³/mol. The largest absolute Gasteiger partial charge is 0.381 e. The SMILES string of the molecule is CCNC(=NCCCOCC1CCOCC1)NCCCCNc1ccccn1. The molecule has 0 atom stereocenters. The van der Waals surface area contributed by atoms with Crippen molar-refractivity contribution in [1.82, 2.24) is 15.6 Å². The van der Waals surface area contributed by atoms with E-state index in [4.69, 9.17) is 9.47 Å². The second-order valence-corrected chi connectivity index (χ2v) is 7.02. The van der Waals surface area contributed by atoms with Crippen LogP contribution < -0.4 is 16.0 Å². The fraction of sp³-hybridized carbons (Fsp3) is 0.714. The predicted octanol–water partition coefficient (Wildman–Crippen LogP) is 2.66. The first-order chi connectivity index (χ1) is 13.9. The van der Waals surface area contributed by atoms with Gasteiger partial charge in [0.25, 0.3) is 0 Å². The number of hydrogen-bond acceptors (Lipinski definition) is 5. The molecule has 1 fully saturated rings. The van der Waals surface area contributed by atoms with Gasteiger partial charge in [-0.25, -0.2) is 4.98 Å². The zero-order chi connectivity index (χ0) is 19.7. The maximum absolute atomic E-state index is 5.80. The van der Waals surface area contributed by atoms with Crippen LogP contribution in [0.4, 0.5) is 5.82 Å². The number of guanidine groups is 1. The Morgan fingerprint density at radius 2 is 2.04 bits per heavy atom. The smallest absolute Gasteiger partial charge is 0.191 e. The minimum atomic E-state index is 0.670. The van der Waals surface area contributed by atoms with Crippen molar-refractivity contribution in [3.05, 3.63) is 24.4 Å². The van der Waals surface area contributed by atoms with Crippen LogP contribution in [0, 0.1) is 5.92 Å². The molecule has 2 heterocycles. The van der Waals surface area contributed by atoms with Crippen molar-refractivity contribution >= 4 is 11.8 Å². The van der Waals surface area contributed by atoms with Gasteiger partial charge in [0.2, 0.25) is 0 Å². The van der Waals surface area contributed by atoms with Crippen molar-refractivity contribution in [2.24, 2.45) is 10.9 Å². The molecule has 1 aliphatic heterocycles. The fourth-order valence-electron chi connectivity index (χ4n) is 3.00. The van der Waals surface area contributed by atoms with E-state index in [2.05, 4.69) is 32.9 Å². The number of anilines is 1. The molecule has 0 aromatic carbocycles. The number of aliphatic imine (C=N–C) groups is 1. The van der Waals surface area contributed by atoms with Crippen molar-refractivity contribution in [1.29, 1.82) is 0 Å². The Balaban J connectivity index is 1.48. The second-order valence-electron chi connectivity index (χ2n) is 7.02. The van der Waals surface area contributed by atoms with Gasteiger partial charge in [0.1, 0.15) is 5.82 Å². The molecule has 0 spiro atoms. The van der Waals surface area contributed by atoms with Crippen LogP contribution in [0.5, 0.6) is 0 Å². The normalized spacial score (nSPS) is 15.4. The lowest BCUT2D eigenvalue weighted by Crippen LogP contribution is -2.38. The molecular formula is C21H37N5O2. The maximum Gasteiger partial charge on any atom is 0.191 e. The molecule has 0 unspecified atom stereocenters. The average molecular weight is 392 g/mol. The molecule has 1 aliphatic rings. The molecule has 2 rings (SSSR count). The summed E-state index contributed by atoms with van der Waals surface area (Å²) in [6.45, 7) is 8.98. The van der Waals surface area contributed by atoms with E-state index in [-0.39, 0.29) is 0 Å². The van der Waals surface area contributed by atoms with Crippen LogP contribution in [0.2, 0.25) is 0 Å². The van der Waals surface area contributed by atoms with Crippen LogP contribution in [0.15, 0.2) is 29.4 Å². The Morgan fingerprint density at radius 1 is 1.18 bits per heavy atom. The highest BCUT2D eigenvalue weighted by molar-refractivity contribution is 5.79. The topological polar surface area (TPSA) is 79.8 Å². The van der Waals surface area contributed by atoms with Gasteiger partial charge in [-0.05, 0) is 57.1 Å². The summed E-state index contributed by atoms with van der Waals surface area (Å²) in [5.74, 6) is 2.50. The molecule has 7 nitrogen and oxygen atoms in total. The number of pyridine rings is 1. The van der Waals surface area contributed by atoms with Gasteiger partial charge in [-0.1, -0.05) is 6.07 Å². The van der Waals surface area contributed by atoms with Gasteiger partial charge in [0.15, 0.2) is 5.96 Å². The number of ether oxygens (including phenoxy) is 2. The Bertz CT molecular complexity index is 521. The van der Waals surface area contributed by atoms with Crippen molar-refractivity contribution in [3.63, 3.8) is 0 Å². The van der Waals surface area contributed by atoms with Crippen molar-refractivity contribution in [3.8, 4) is 0 Å². The number of unbranched alkanes of at least 4 members (excludes halogenated alkanes) is 1. The summed E-state index contributed by atoms with van der Waals surface area (Å²) < 4.78 is 11.2.